The maximum Gasteiger partial charge on any atom is 0.346 e. The summed E-state index contributed by atoms with van der Waals surface area (Å²) in [5.41, 5.74) is 10.6. The van der Waals surface area contributed by atoms with E-state index in [1.54, 1.807) is 12.3 Å². The molecule has 9 nitrogen and oxygen atoms in total. The number of nitrogen functional groups attached to an aromatic ring is 1. The lowest BCUT2D eigenvalue weighted by Crippen LogP contribution is -2.33. The fraction of sp³-hybridized carbons (Fsp3) is 0.231. The molecule has 0 unspecified atom stereocenters. The molecule has 0 aliphatic carbocycles. The molecule has 1 aromatic carbocycles. The molecule has 2 amide bonds. The first kappa shape index (κ1) is 22.4. The van der Waals surface area contributed by atoms with Gasteiger partial charge in [-0.3, -0.25) is 9.82 Å². The van der Waals surface area contributed by atoms with E-state index in [0.29, 0.717) is 23.7 Å². The van der Waals surface area contributed by atoms with Crippen LogP contribution in [0.3, 0.4) is 0 Å². The molecule has 1 aliphatic heterocycles. The van der Waals surface area contributed by atoms with Crippen LogP contribution in [0, 0.1) is 18.8 Å². The van der Waals surface area contributed by atoms with Gasteiger partial charge in [0.2, 0.25) is 0 Å². The summed E-state index contributed by atoms with van der Waals surface area (Å²) in [6.07, 6.45) is 5.72. The summed E-state index contributed by atoms with van der Waals surface area (Å²) < 4.78 is 1.98. The highest BCUT2D eigenvalue weighted by Crippen LogP contribution is 2.30. The van der Waals surface area contributed by atoms with E-state index in [1.165, 1.54) is 11.4 Å². The highest BCUT2D eigenvalue weighted by molar-refractivity contribution is 5.92. The number of urea groups is 1. The molecule has 1 fully saturated rings. The molecule has 1 atom stereocenters. The Kier molecular flexibility index (Phi) is 6.04. The Hall–Kier alpha value is -4.42. The molecular weight excluding hydrogens is 442 g/mol. The van der Waals surface area contributed by atoms with Crippen molar-refractivity contribution in [2.75, 3.05) is 17.7 Å². The third-order valence-electron chi connectivity index (χ3n) is 5.98. The number of nitrogens with one attached hydrogen (secondary N) is 1. The number of amides is 2. The zero-order valence-electron chi connectivity index (χ0n) is 19.5. The maximum atomic E-state index is 13.0. The van der Waals surface area contributed by atoms with Crippen LogP contribution in [0.15, 0.2) is 55.1 Å². The molecule has 0 radical (unpaired) electrons. The molecule has 1 aliphatic rings. The SMILES string of the molecule is CCn1cc(C#Cc2cc(NC(=O)N3OCC[C@@H]3c3ccccc3)cnc2C)c2c(N)ncnc21. The van der Waals surface area contributed by atoms with Crippen LogP contribution >= 0.6 is 0 Å². The lowest BCUT2D eigenvalue weighted by molar-refractivity contribution is -0.0829. The van der Waals surface area contributed by atoms with E-state index in [0.717, 1.165) is 40.8 Å². The van der Waals surface area contributed by atoms with Gasteiger partial charge in [-0.2, -0.15) is 5.06 Å². The van der Waals surface area contributed by atoms with Crippen LogP contribution in [0.4, 0.5) is 16.3 Å². The number of nitrogens with zero attached hydrogens (tertiary/aromatic N) is 5. The zero-order chi connectivity index (χ0) is 24.4. The fourth-order valence-electron chi connectivity index (χ4n) is 4.17. The van der Waals surface area contributed by atoms with Gasteiger partial charge in [0.15, 0.2) is 0 Å². The van der Waals surface area contributed by atoms with Gasteiger partial charge in [-0.1, -0.05) is 42.2 Å². The Morgan fingerprint density at radius 3 is 2.80 bits per heavy atom. The summed E-state index contributed by atoms with van der Waals surface area (Å²) in [5, 5.41) is 5.01. The van der Waals surface area contributed by atoms with E-state index in [4.69, 9.17) is 10.6 Å². The van der Waals surface area contributed by atoms with Crippen LogP contribution in [0.25, 0.3) is 11.0 Å². The molecule has 35 heavy (non-hydrogen) atoms. The number of carbonyl (C=O) groups is 1. The number of aromatic nitrogens is 4. The number of benzene rings is 1. The third-order valence-corrected chi connectivity index (χ3v) is 5.98. The predicted molar refractivity (Wildman–Crippen MR) is 133 cm³/mol. The van der Waals surface area contributed by atoms with E-state index in [1.807, 2.05) is 54.9 Å². The van der Waals surface area contributed by atoms with Crippen LogP contribution in [-0.2, 0) is 11.4 Å². The first-order valence-electron chi connectivity index (χ1n) is 11.4. The number of hydrogen-bond donors (Lipinski definition) is 2. The first-order chi connectivity index (χ1) is 17.0. The number of anilines is 2. The second-order valence-electron chi connectivity index (χ2n) is 8.20. The van der Waals surface area contributed by atoms with Gasteiger partial charge in [0.25, 0.3) is 0 Å². The van der Waals surface area contributed by atoms with E-state index in [-0.39, 0.29) is 12.1 Å². The maximum absolute atomic E-state index is 13.0. The van der Waals surface area contributed by atoms with Crippen molar-refractivity contribution in [1.29, 1.82) is 0 Å². The van der Waals surface area contributed by atoms with Gasteiger partial charge < -0.3 is 15.6 Å². The highest BCUT2D eigenvalue weighted by atomic mass is 16.7. The Balaban J connectivity index is 1.40. The molecule has 3 aromatic heterocycles. The summed E-state index contributed by atoms with van der Waals surface area (Å²) in [7, 11) is 0. The molecule has 3 N–H and O–H groups in total. The van der Waals surface area contributed by atoms with Crippen molar-refractivity contribution in [3.63, 3.8) is 0 Å². The van der Waals surface area contributed by atoms with Crippen molar-refractivity contribution >= 4 is 28.6 Å². The van der Waals surface area contributed by atoms with E-state index in [9.17, 15) is 4.79 Å². The summed E-state index contributed by atoms with van der Waals surface area (Å²) in [5.74, 6) is 6.75. The van der Waals surface area contributed by atoms with E-state index in [2.05, 4.69) is 32.1 Å². The fourth-order valence-corrected chi connectivity index (χ4v) is 4.17. The summed E-state index contributed by atoms with van der Waals surface area (Å²) >= 11 is 0. The molecule has 4 aromatic rings. The van der Waals surface area contributed by atoms with Crippen molar-refractivity contribution in [2.24, 2.45) is 0 Å². The Bertz CT molecular complexity index is 1450. The third kappa shape index (κ3) is 4.39. The number of fused-ring (bicyclic) bond motifs is 1. The van der Waals surface area contributed by atoms with Crippen LogP contribution in [0.5, 0.6) is 0 Å². The van der Waals surface area contributed by atoms with Crippen molar-refractivity contribution in [2.45, 2.75) is 32.9 Å². The average Bonchev–Trinajstić information content (AvgIpc) is 3.51. The quantitative estimate of drug-likeness (QED) is 0.440. The van der Waals surface area contributed by atoms with Crippen LogP contribution in [0.1, 0.15) is 41.8 Å². The standard InChI is InChI=1S/C26H25N7O2/c1-3-32-15-20(23-24(27)29-16-30-25(23)32)10-9-19-13-21(14-28-17(19)2)31-26(34)33-22(11-12-35-33)18-7-5-4-6-8-18/h4-8,13-16,22H,3,11-12H2,1-2H3,(H,31,34)(H2,27,29,30)/t22-/m1/s1. The van der Waals surface area contributed by atoms with E-state index >= 15 is 0 Å². The van der Waals surface area contributed by atoms with Crippen molar-refractivity contribution in [3.8, 4) is 11.8 Å². The molecule has 0 spiro atoms. The Morgan fingerprint density at radius 2 is 2.00 bits per heavy atom. The number of hydroxylamine groups is 2. The van der Waals surface area contributed by atoms with Crippen LogP contribution in [-0.4, -0.2) is 37.2 Å². The highest BCUT2D eigenvalue weighted by Gasteiger charge is 2.31. The molecule has 0 saturated carbocycles. The van der Waals surface area contributed by atoms with Crippen molar-refractivity contribution in [3.05, 3.63) is 77.5 Å². The summed E-state index contributed by atoms with van der Waals surface area (Å²) in [4.78, 5) is 31.5. The predicted octanol–water partition coefficient (Wildman–Crippen LogP) is 4.05. The second kappa shape index (κ2) is 9.44. The summed E-state index contributed by atoms with van der Waals surface area (Å²) in [6.45, 7) is 5.12. The van der Waals surface area contributed by atoms with Crippen LogP contribution in [0.2, 0.25) is 0 Å². The van der Waals surface area contributed by atoms with Gasteiger partial charge in [0, 0.05) is 24.7 Å². The largest absolute Gasteiger partial charge is 0.383 e. The molecule has 1 saturated heterocycles. The van der Waals surface area contributed by atoms with Gasteiger partial charge in [-0.15, -0.1) is 0 Å². The lowest BCUT2D eigenvalue weighted by atomic mass is 10.1. The normalized spacial score (nSPS) is 15.1. The number of nitrogens with two attached hydrogens (primary N) is 1. The molecular formula is C26H25N7O2. The smallest absolute Gasteiger partial charge is 0.346 e. The molecule has 176 valence electrons. The van der Waals surface area contributed by atoms with Gasteiger partial charge >= 0.3 is 6.03 Å². The topological polar surface area (TPSA) is 111 Å². The number of hydrogen-bond acceptors (Lipinski definition) is 6. The van der Waals surface area contributed by atoms with Gasteiger partial charge in [0.1, 0.15) is 17.8 Å². The lowest BCUT2D eigenvalue weighted by Gasteiger charge is -2.23. The minimum atomic E-state index is -0.350. The second-order valence-corrected chi connectivity index (χ2v) is 8.20. The van der Waals surface area contributed by atoms with Gasteiger partial charge in [-0.05, 0) is 25.5 Å². The molecule has 9 heteroatoms. The number of pyridine rings is 1. The van der Waals surface area contributed by atoms with Gasteiger partial charge in [0.05, 0.1) is 41.2 Å². The zero-order valence-corrected chi connectivity index (χ0v) is 19.5. The molecule has 4 heterocycles. The number of carbonyl (C=O) groups excluding carboxylic acids is 1. The number of aryl methyl sites for hydroxylation is 2. The minimum absolute atomic E-state index is 0.141. The van der Waals surface area contributed by atoms with E-state index < -0.39 is 0 Å². The van der Waals surface area contributed by atoms with Gasteiger partial charge in [-0.25, -0.2) is 14.8 Å². The van der Waals surface area contributed by atoms with Crippen molar-refractivity contribution < 1.29 is 9.63 Å². The molecule has 0 bridgehead atoms. The average molecular weight is 468 g/mol. The summed E-state index contributed by atoms with van der Waals surface area (Å²) in [6, 6.07) is 11.2. The Morgan fingerprint density at radius 1 is 1.20 bits per heavy atom. The molecule has 5 rings (SSSR count). The monoisotopic (exact) mass is 467 g/mol. The first-order valence-corrected chi connectivity index (χ1v) is 11.4. The van der Waals surface area contributed by atoms with Crippen molar-refractivity contribution in [1.82, 2.24) is 24.6 Å². The minimum Gasteiger partial charge on any atom is -0.383 e. The van der Waals surface area contributed by atoms with Crippen LogP contribution < -0.4 is 11.1 Å². The Labute approximate surface area is 202 Å². The number of rotatable bonds is 3.